The van der Waals surface area contributed by atoms with Crippen molar-refractivity contribution in [3.8, 4) is 0 Å². The van der Waals surface area contributed by atoms with Crippen LogP contribution in [-0.4, -0.2) is 24.4 Å². The molecule has 20 heavy (non-hydrogen) atoms. The Labute approximate surface area is 131 Å². The molecular weight excluding hydrogens is 295 g/mol. The van der Waals surface area contributed by atoms with E-state index in [0.29, 0.717) is 23.0 Å². The monoisotopic (exact) mass is 316 g/mol. The zero-order valence-corrected chi connectivity index (χ0v) is 13.4. The van der Waals surface area contributed by atoms with E-state index in [9.17, 15) is 4.79 Å². The van der Waals surface area contributed by atoms with Crippen molar-refractivity contribution >= 4 is 29.1 Å². The van der Waals surface area contributed by atoms with Crippen molar-refractivity contribution in [2.45, 2.75) is 38.6 Å². The molecule has 3 nitrogen and oxygen atoms in total. The highest BCUT2D eigenvalue weighted by Gasteiger charge is 2.11. The number of carbonyl (C=O) groups excluding carboxylic acids is 1. The minimum Gasteiger partial charge on any atom is -0.341 e. The van der Waals surface area contributed by atoms with E-state index >= 15 is 0 Å². The van der Waals surface area contributed by atoms with Crippen molar-refractivity contribution in [2.24, 2.45) is 5.73 Å². The predicted molar refractivity (Wildman–Crippen MR) is 85.1 cm³/mol. The lowest BCUT2D eigenvalue weighted by atomic mass is 10.1. The number of nitrogens with two attached hydrogens (primary N) is 1. The van der Waals surface area contributed by atoms with Gasteiger partial charge in [0.1, 0.15) is 0 Å². The smallest absolute Gasteiger partial charge is 0.222 e. The molecule has 0 unspecified atom stereocenters. The Hall–Kier alpha value is -0.770. The molecule has 1 aromatic rings. The quantitative estimate of drug-likeness (QED) is 0.740. The highest BCUT2D eigenvalue weighted by molar-refractivity contribution is 6.35. The molecule has 0 saturated heterocycles. The van der Waals surface area contributed by atoms with Gasteiger partial charge in [-0.1, -0.05) is 42.1 Å². The third-order valence-electron chi connectivity index (χ3n) is 3.19. The van der Waals surface area contributed by atoms with E-state index in [0.717, 1.165) is 37.8 Å². The molecule has 0 fully saturated rings. The van der Waals surface area contributed by atoms with Crippen LogP contribution >= 0.6 is 23.2 Å². The number of amides is 1. The number of unbranched alkanes of at least 4 members (excludes halogenated alkanes) is 3. The number of nitrogens with zero attached hydrogens (tertiary/aromatic N) is 1. The van der Waals surface area contributed by atoms with E-state index in [1.54, 1.807) is 24.1 Å². The van der Waals surface area contributed by atoms with Crippen molar-refractivity contribution in [1.29, 1.82) is 0 Å². The summed E-state index contributed by atoms with van der Waals surface area (Å²) < 4.78 is 0. The maximum absolute atomic E-state index is 12.0. The Bertz CT molecular complexity index is 438. The molecule has 0 aliphatic heterocycles. The predicted octanol–water partition coefficient (Wildman–Crippen LogP) is 3.86. The van der Waals surface area contributed by atoms with E-state index in [1.807, 2.05) is 6.07 Å². The standard InChI is InChI=1S/C15H22Cl2N2O/c1-19(15(20)6-4-2-3-5-9-18)11-12-7-8-13(16)10-14(12)17/h7-8,10H,2-6,9,11,18H2,1H3. The molecule has 0 spiro atoms. The van der Waals surface area contributed by atoms with Gasteiger partial charge >= 0.3 is 0 Å². The normalized spacial score (nSPS) is 10.6. The lowest BCUT2D eigenvalue weighted by molar-refractivity contribution is -0.130. The summed E-state index contributed by atoms with van der Waals surface area (Å²) in [5, 5.41) is 1.20. The molecule has 0 atom stereocenters. The van der Waals surface area contributed by atoms with Gasteiger partial charge < -0.3 is 10.6 Å². The first-order valence-corrected chi connectivity index (χ1v) is 7.68. The Morgan fingerprint density at radius 3 is 2.55 bits per heavy atom. The fourth-order valence-corrected chi connectivity index (χ4v) is 2.43. The fraction of sp³-hybridized carbons (Fsp3) is 0.533. The van der Waals surface area contributed by atoms with E-state index in [-0.39, 0.29) is 5.91 Å². The van der Waals surface area contributed by atoms with Crippen molar-refractivity contribution < 1.29 is 4.79 Å². The van der Waals surface area contributed by atoms with Crippen molar-refractivity contribution in [2.75, 3.05) is 13.6 Å². The third-order valence-corrected chi connectivity index (χ3v) is 3.78. The average molecular weight is 317 g/mol. The molecule has 0 heterocycles. The molecule has 1 aromatic carbocycles. The van der Waals surface area contributed by atoms with E-state index < -0.39 is 0 Å². The van der Waals surface area contributed by atoms with Gasteiger partial charge in [-0.2, -0.15) is 0 Å². The number of hydrogen-bond donors (Lipinski definition) is 1. The summed E-state index contributed by atoms with van der Waals surface area (Å²) in [6.07, 6.45) is 4.67. The zero-order chi connectivity index (χ0) is 15.0. The summed E-state index contributed by atoms with van der Waals surface area (Å²) in [4.78, 5) is 13.7. The first kappa shape index (κ1) is 17.3. The molecule has 0 aliphatic rings. The van der Waals surface area contributed by atoms with Crippen LogP contribution in [0.15, 0.2) is 18.2 Å². The number of carbonyl (C=O) groups is 1. The average Bonchev–Trinajstić information content (AvgIpc) is 2.41. The molecule has 1 rings (SSSR count). The summed E-state index contributed by atoms with van der Waals surface area (Å²) in [7, 11) is 1.80. The summed E-state index contributed by atoms with van der Waals surface area (Å²) in [5.74, 6) is 0.142. The van der Waals surface area contributed by atoms with Gasteiger partial charge in [-0.05, 0) is 37.1 Å². The van der Waals surface area contributed by atoms with E-state index in [2.05, 4.69) is 0 Å². The fourth-order valence-electron chi connectivity index (χ4n) is 1.96. The van der Waals surface area contributed by atoms with Crippen LogP contribution in [-0.2, 0) is 11.3 Å². The van der Waals surface area contributed by atoms with Gasteiger partial charge in [-0.15, -0.1) is 0 Å². The van der Waals surface area contributed by atoms with Crippen LogP contribution in [0.2, 0.25) is 10.0 Å². The van der Waals surface area contributed by atoms with Gasteiger partial charge in [0.15, 0.2) is 0 Å². The number of halogens is 2. The van der Waals surface area contributed by atoms with Crippen LogP contribution < -0.4 is 5.73 Å². The summed E-state index contributed by atoms with van der Waals surface area (Å²) >= 11 is 12.0. The van der Waals surface area contributed by atoms with Crippen LogP contribution in [0.25, 0.3) is 0 Å². The van der Waals surface area contributed by atoms with Crippen LogP contribution in [0.5, 0.6) is 0 Å². The van der Waals surface area contributed by atoms with Crippen LogP contribution in [0, 0.1) is 0 Å². The molecule has 2 N–H and O–H groups in total. The zero-order valence-electron chi connectivity index (χ0n) is 11.9. The maximum Gasteiger partial charge on any atom is 0.222 e. The first-order valence-electron chi connectivity index (χ1n) is 6.92. The van der Waals surface area contributed by atoms with Gasteiger partial charge in [0.2, 0.25) is 5.91 Å². The Morgan fingerprint density at radius 1 is 1.20 bits per heavy atom. The molecule has 5 heteroatoms. The topological polar surface area (TPSA) is 46.3 Å². The minimum atomic E-state index is 0.142. The molecular formula is C15H22Cl2N2O. The lowest BCUT2D eigenvalue weighted by Gasteiger charge is -2.18. The van der Waals surface area contributed by atoms with Gasteiger partial charge in [0.05, 0.1) is 0 Å². The Balaban J connectivity index is 2.37. The molecule has 0 bridgehead atoms. The van der Waals surface area contributed by atoms with Gasteiger partial charge in [-0.25, -0.2) is 0 Å². The van der Waals surface area contributed by atoms with Crippen LogP contribution in [0.3, 0.4) is 0 Å². The molecule has 0 saturated carbocycles. The molecule has 1 amide bonds. The van der Waals surface area contributed by atoms with E-state index in [4.69, 9.17) is 28.9 Å². The molecule has 0 aromatic heterocycles. The number of rotatable bonds is 8. The summed E-state index contributed by atoms with van der Waals surface area (Å²) in [5.41, 5.74) is 6.34. The number of hydrogen-bond acceptors (Lipinski definition) is 2. The minimum absolute atomic E-state index is 0.142. The summed E-state index contributed by atoms with van der Waals surface area (Å²) in [6, 6.07) is 5.34. The largest absolute Gasteiger partial charge is 0.341 e. The first-order chi connectivity index (χ1) is 9.54. The van der Waals surface area contributed by atoms with E-state index in [1.165, 1.54) is 0 Å². The van der Waals surface area contributed by atoms with Crippen LogP contribution in [0.4, 0.5) is 0 Å². The highest BCUT2D eigenvalue weighted by Crippen LogP contribution is 2.22. The molecule has 0 aliphatic carbocycles. The highest BCUT2D eigenvalue weighted by atomic mass is 35.5. The van der Waals surface area contributed by atoms with Crippen molar-refractivity contribution in [3.63, 3.8) is 0 Å². The second-order valence-corrected chi connectivity index (χ2v) is 5.78. The third kappa shape index (κ3) is 6.12. The SMILES string of the molecule is CN(Cc1ccc(Cl)cc1Cl)C(=O)CCCCCCN. The number of benzene rings is 1. The molecule has 0 radical (unpaired) electrons. The van der Waals surface area contributed by atoms with Gasteiger partial charge in [0, 0.05) is 30.1 Å². The van der Waals surface area contributed by atoms with Crippen molar-refractivity contribution in [3.05, 3.63) is 33.8 Å². The lowest BCUT2D eigenvalue weighted by Crippen LogP contribution is -2.26. The maximum atomic E-state index is 12.0. The summed E-state index contributed by atoms with van der Waals surface area (Å²) in [6.45, 7) is 1.24. The Kier molecular flexibility index (Phi) is 7.97. The van der Waals surface area contributed by atoms with Gasteiger partial charge in [-0.3, -0.25) is 4.79 Å². The van der Waals surface area contributed by atoms with Crippen LogP contribution in [0.1, 0.15) is 37.7 Å². The second kappa shape index (κ2) is 9.22. The van der Waals surface area contributed by atoms with Crippen molar-refractivity contribution in [1.82, 2.24) is 4.90 Å². The Morgan fingerprint density at radius 2 is 1.90 bits per heavy atom. The van der Waals surface area contributed by atoms with Gasteiger partial charge in [0.25, 0.3) is 0 Å². The second-order valence-electron chi connectivity index (χ2n) is 4.94. The molecule has 112 valence electrons.